The molecule has 1 aliphatic rings. The maximum atomic E-state index is 12.0. The van der Waals surface area contributed by atoms with Gasteiger partial charge in [0.2, 0.25) is 5.91 Å². The topological polar surface area (TPSA) is 58.4 Å². The Hall–Kier alpha value is -1.88. The predicted molar refractivity (Wildman–Crippen MR) is 85.6 cm³/mol. The highest BCUT2D eigenvalue weighted by atomic mass is 16.3. The fraction of sp³-hybridized carbons (Fsp3) is 0.529. The standard InChI is InChI=1S/C17H23N3O2/c1-20-11-5-4-6-13(20)12-16(21)18-10-9-17-19-14-7-2-3-8-15(14)22-17/h2-3,7-8,13H,4-6,9-12H2,1H3,(H,18,21)/t13-/m1/s1. The van der Waals surface area contributed by atoms with E-state index in [9.17, 15) is 4.79 Å². The van der Waals surface area contributed by atoms with Crippen molar-refractivity contribution in [2.45, 2.75) is 38.1 Å². The molecule has 2 aromatic rings. The van der Waals surface area contributed by atoms with Gasteiger partial charge < -0.3 is 14.6 Å². The number of likely N-dealkylation sites (tertiary alicyclic amines) is 1. The van der Waals surface area contributed by atoms with Crippen LogP contribution in [0.4, 0.5) is 0 Å². The van der Waals surface area contributed by atoms with Crippen molar-refractivity contribution in [3.8, 4) is 0 Å². The molecule has 1 N–H and O–H groups in total. The quantitative estimate of drug-likeness (QED) is 0.921. The number of aromatic nitrogens is 1. The molecule has 0 unspecified atom stereocenters. The van der Waals surface area contributed by atoms with Crippen LogP contribution >= 0.6 is 0 Å². The third kappa shape index (κ3) is 3.65. The zero-order chi connectivity index (χ0) is 15.4. The van der Waals surface area contributed by atoms with E-state index in [0.29, 0.717) is 31.3 Å². The first-order valence-electron chi connectivity index (χ1n) is 8.04. The van der Waals surface area contributed by atoms with Crippen molar-refractivity contribution in [2.75, 3.05) is 20.1 Å². The van der Waals surface area contributed by atoms with E-state index < -0.39 is 0 Å². The lowest BCUT2D eigenvalue weighted by atomic mass is 10.00. The fourth-order valence-electron chi connectivity index (χ4n) is 3.02. The predicted octanol–water partition coefficient (Wildman–Crippen LogP) is 2.36. The number of hydrogen-bond donors (Lipinski definition) is 1. The molecule has 5 nitrogen and oxygen atoms in total. The summed E-state index contributed by atoms with van der Waals surface area (Å²) in [6.45, 7) is 1.67. The summed E-state index contributed by atoms with van der Waals surface area (Å²) in [7, 11) is 2.11. The molecule has 1 saturated heterocycles. The molecule has 0 spiro atoms. The largest absolute Gasteiger partial charge is 0.441 e. The van der Waals surface area contributed by atoms with E-state index in [-0.39, 0.29) is 5.91 Å². The molecule has 22 heavy (non-hydrogen) atoms. The number of carbonyl (C=O) groups excluding carboxylic acids is 1. The number of rotatable bonds is 5. The monoisotopic (exact) mass is 301 g/mol. The first-order chi connectivity index (χ1) is 10.7. The third-order valence-corrected chi connectivity index (χ3v) is 4.34. The molecule has 1 aromatic carbocycles. The second-order valence-electron chi connectivity index (χ2n) is 6.01. The molecule has 1 fully saturated rings. The van der Waals surface area contributed by atoms with Gasteiger partial charge in [-0.25, -0.2) is 4.98 Å². The average molecular weight is 301 g/mol. The molecular weight excluding hydrogens is 278 g/mol. The van der Waals surface area contributed by atoms with E-state index in [4.69, 9.17) is 4.42 Å². The summed E-state index contributed by atoms with van der Waals surface area (Å²) in [5.41, 5.74) is 1.67. The van der Waals surface area contributed by atoms with E-state index in [1.54, 1.807) is 0 Å². The van der Waals surface area contributed by atoms with Crippen molar-refractivity contribution in [3.05, 3.63) is 30.2 Å². The van der Waals surface area contributed by atoms with E-state index in [1.165, 1.54) is 12.8 Å². The minimum absolute atomic E-state index is 0.120. The molecule has 1 atom stereocenters. The molecule has 2 heterocycles. The van der Waals surface area contributed by atoms with Crippen LogP contribution < -0.4 is 5.32 Å². The van der Waals surface area contributed by atoms with E-state index >= 15 is 0 Å². The number of para-hydroxylation sites is 2. The average Bonchev–Trinajstić information content (AvgIpc) is 2.92. The second-order valence-corrected chi connectivity index (χ2v) is 6.01. The third-order valence-electron chi connectivity index (χ3n) is 4.34. The highest BCUT2D eigenvalue weighted by Crippen LogP contribution is 2.17. The Morgan fingerprint density at radius 3 is 3.09 bits per heavy atom. The Morgan fingerprint density at radius 1 is 1.41 bits per heavy atom. The molecule has 5 heteroatoms. The zero-order valence-corrected chi connectivity index (χ0v) is 13.0. The van der Waals surface area contributed by atoms with Gasteiger partial charge in [-0.2, -0.15) is 0 Å². The van der Waals surface area contributed by atoms with Crippen molar-refractivity contribution < 1.29 is 9.21 Å². The van der Waals surface area contributed by atoms with Gasteiger partial charge in [0, 0.05) is 25.4 Å². The van der Waals surface area contributed by atoms with Gasteiger partial charge in [0.05, 0.1) is 0 Å². The molecule has 0 radical (unpaired) electrons. The first kappa shape index (κ1) is 15.0. The molecule has 1 aromatic heterocycles. The van der Waals surface area contributed by atoms with Crippen LogP contribution in [0.25, 0.3) is 11.1 Å². The SMILES string of the molecule is CN1CCCC[C@@H]1CC(=O)NCCc1nc2ccccc2o1. The number of oxazole rings is 1. The summed E-state index contributed by atoms with van der Waals surface area (Å²) in [6.07, 6.45) is 4.80. The van der Waals surface area contributed by atoms with Crippen molar-refractivity contribution >= 4 is 17.0 Å². The molecule has 118 valence electrons. The van der Waals surface area contributed by atoms with Gasteiger partial charge in [-0.3, -0.25) is 4.79 Å². The molecule has 3 rings (SSSR count). The van der Waals surface area contributed by atoms with Crippen LogP contribution in [0.2, 0.25) is 0 Å². The van der Waals surface area contributed by atoms with Crippen LogP contribution in [0.5, 0.6) is 0 Å². The molecular formula is C17H23N3O2. The van der Waals surface area contributed by atoms with Gasteiger partial charge in [-0.05, 0) is 38.6 Å². The van der Waals surface area contributed by atoms with Crippen molar-refractivity contribution in [2.24, 2.45) is 0 Å². The Balaban J connectivity index is 1.45. The van der Waals surface area contributed by atoms with E-state index in [2.05, 4.69) is 22.2 Å². The molecule has 0 bridgehead atoms. The van der Waals surface area contributed by atoms with Crippen molar-refractivity contribution in [1.82, 2.24) is 15.2 Å². The summed E-state index contributed by atoms with van der Waals surface area (Å²) in [5.74, 6) is 0.797. The number of piperidine rings is 1. The lowest BCUT2D eigenvalue weighted by Crippen LogP contribution is -2.40. The van der Waals surface area contributed by atoms with Crippen LogP contribution in [0.1, 0.15) is 31.6 Å². The fourth-order valence-corrected chi connectivity index (χ4v) is 3.02. The normalized spacial score (nSPS) is 19.4. The van der Waals surface area contributed by atoms with Gasteiger partial charge in [0.25, 0.3) is 0 Å². The Labute approximate surface area is 130 Å². The second kappa shape index (κ2) is 6.92. The minimum Gasteiger partial charge on any atom is -0.441 e. The van der Waals surface area contributed by atoms with Crippen LogP contribution in [0, 0.1) is 0 Å². The zero-order valence-electron chi connectivity index (χ0n) is 13.0. The number of hydrogen-bond acceptors (Lipinski definition) is 4. The van der Waals surface area contributed by atoms with Crippen LogP contribution in [-0.2, 0) is 11.2 Å². The highest BCUT2D eigenvalue weighted by Gasteiger charge is 2.21. The number of nitrogens with zero attached hydrogens (tertiary/aromatic N) is 2. The summed E-state index contributed by atoms with van der Waals surface area (Å²) < 4.78 is 5.65. The lowest BCUT2D eigenvalue weighted by Gasteiger charge is -2.31. The maximum absolute atomic E-state index is 12.0. The maximum Gasteiger partial charge on any atom is 0.221 e. The van der Waals surface area contributed by atoms with E-state index in [1.807, 2.05) is 24.3 Å². The van der Waals surface area contributed by atoms with Gasteiger partial charge in [-0.1, -0.05) is 18.6 Å². The number of carbonyl (C=O) groups is 1. The highest BCUT2D eigenvalue weighted by molar-refractivity contribution is 5.76. The molecule has 1 amide bonds. The number of benzene rings is 1. The molecule has 1 aliphatic heterocycles. The first-order valence-corrected chi connectivity index (χ1v) is 8.04. The summed E-state index contributed by atoms with van der Waals surface area (Å²) in [4.78, 5) is 18.7. The van der Waals surface area contributed by atoms with Crippen LogP contribution in [-0.4, -0.2) is 42.0 Å². The number of nitrogens with one attached hydrogen (secondary N) is 1. The van der Waals surface area contributed by atoms with Crippen LogP contribution in [0.3, 0.4) is 0 Å². The smallest absolute Gasteiger partial charge is 0.221 e. The summed E-state index contributed by atoms with van der Waals surface area (Å²) in [5, 5.41) is 2.98. The molecule has 0 aliphatic carbocycles. The lowest BCUT2D eigenvalue weighted by molar-refractivity contribution is -0.122. The van der Waals surface area contributed by atoms with Crippen molar-refractivity contribution in [1.29, 1.82) is 0 Å². The summed E-state index contributed by atoms with van der Waals surface area (Å²) in [6, 6.07) is 8.10. The van der Waals surface area contributed by atoms with Crippen molar-refractivity contribution in [3.63, 3.8) is 0 Å². The Morgan fingerprint density at radius 2 is 2.27 bits per heavy atom. The molecule has 0 saturated carbocycles. The minimum atomic E-state index is 0.120. The van der Waals surface area contributed by atoms with Crippen LogP contribution in [0.15, 0.2) is 28.7 Å². The van der Waals surface area contributed by atoms with Gasteiger partial charge in [-0.15, -0.1) is 0 Å². The Bertz CT molecular complexity index is 605. The van der Waals surface area contributed by atoms with E-state index in [0.717, 1.165) is 24.1 Å². The number of fused-ring (bicyclic) bond motifs is 1. The Kier molecular flexibility index (Phi) is 4.73. The van der Waals surface area contributed by atoms with Gasteiger partial charge >= 0.3 is 0 Å². The summed E-state index contributed by atoms with van der Waals surface area (Å²) >= 11 is 0. The van der Waals surface area contributed by atoms with Gasteiger partial charge in [0.15, 0.2) is 11.5 Å². The van der Waals surface area contributed by atoms with Gasteiger partial charge in [0.1, 0.15) is 5.52 Å². The number of amides is 1.